The van der Waals surface area contributed by atoms with E-state index in [0.29, 0.717) is 32.6 Å². The number of piperazine rings is 1. The van der Waals surface area contributed by atoms with Crippen LogP contribution in [0, 0.1) is 5.41 Å². The van der Waals surface area contributed by atoms with E-state index >= 15 is 0 Å². The molecule has 0 spiro atoms. The zero-order chi connectivity index (χ0) is 19.0. The topological polar surface area (TPSA) is 73.4 Å². The van der Waals surface area contributed by atoms with Gasteiger partial charge in [-0.2, -0.15) is 0 Å². The number of nitrogens with one attached hydrogen (secondary N) is 1. The molecule has 152 valence electrons. The van der Waals surface area contributed by atoms with Crippen LogP contribution in [0.1, 0.15) is 96.8 Å². The molecule has 0 bridgehead atoms. The lowest BCUT2D eigenvalue weighted by molar-refractivity contribution is -0.132. The zero-order valence-corrected chi connectivity index (χ0v) is 17.1. The minimum Gasteiger partial charge on any atom is -0.370 e. The van der Waals surface area contributed by atoms with Crippen molar-refractivity contribution >= 4 is 11.9 Å². The Morgan fingerprint density at radius 2 is 1.12 bits per heavy atom. The van der Waals surface area contributed by atoms with Crippen molar-refractivity contribution in [3.63, 3.8) is 0 Å². The number of unbranched alkanes of at least 4 members (excludes halogenated alkanes) is 12. The molecule has 1 heterocycles. The Bertz CT molecular complexity index is 378. The number of nitrogens with zero attached hydrogens (tertiary/aromatic N) is 2. The fraction of sp³-hybridized carbons (Fsp3) is 0.905. The SMILES string of the molecule is CCCCCCCCCCCCCCCC(=O)N1CCN(C(=N)N)CC1. The molecule has 1 amide bonds. The number of carbonyl (C=O) groups excluding carboxylic acids is 1. The molecule has 0 aromatic heterocycles. The number of guanidine groups is 1. The molecular weight excluding hydrogens is 324 g/mol. The predicted molar refractivity (Wildman–Crippen MR) is 110 cm³/mol. The van der Waals surface area contributed by atoms with E-state index in [1.165, 1.54) is 77.0 Å². The highest BCUT2D eigenvalue weighted by molar-refractivity contribution is 5.77. The van der Waals surface area contributed by atoms with Gasteiger partial charge in [0.1, 0.15) is 0 Å². The lowest BCUT2D eigenvalue weighted by Gasteiger charge is -2.35. The summed E-state index contributed by atoms with van der Waals surface area (Å²) in [4.78, 5) is 16.0. The number of hydrogen-bond acceptors (Lipinski definition) is 2. The minimum absolute atomic E-state index is 0.119. The van der Waals surface area contributed by atoms with Gasteiger partial charge in [-0.05, 0) is 6.42 Å². The number of hydrogen-bond donors (Lipinski definition) is 2. The van der Waals surface area contributed by atoms with Crippen LogP contribution in [0.5, 0.6) is 0 Å². The molecule has 0 atom stereocenters. The van der Waals surface area contributed by atoms with Crippen molar-refractivity contribution in [2.24, 2.45) is 5.73 Å². The van der Waals surface area contributed by atoms with Crippen LogP contribution in [0.4, 0.5) is 0 Å². The van der Waals surface area contributed by atoms with Gasteiger partial charge in [-0.15, -0.1) is 0 Å². The lowest BCUT2D eigenvalue weighted by Crippen LogP contribution is -2.52. The van der Waals surface area contributed by atoms with Gasteiger partial charge in [0.2, 0.25) is 5.91 Å². The number of amides is 1. The molecule has 5 nitrogen and oxygen atoms in total. The molecule has 1 aliphatic rings. The third-order valence-corrected chi connectivity index (χ3v) is 5.47. The molecule has 1 aliphatic heterocycles. The van der Waals surface area contributed by atoms with Gasteiger partial charge in [0.05, 0.1) is 0 Å². The third-order valence-electron chi connectivity index (χ3n) is 5.47. The summed E-state index contributed by atoms with van der Waals surface area (Å²) < 4.78 is 0. The van der Waals surface area contributed by atoms with Gasteiger partial charge in [-0.25, -0.2) is 0 Å². The van der Waals surface area contributed by atoms with Gasteiger partial charge < -0.3 is 15.5 Å². The largest absolute Gasteiger partial charge is 0.370 e. The first-order valence-corrected chi connectivity index (χ1v) is 11.0. The standard InChI is InChI=1S/C21H42N4O/c1-2-3-4-5-6-7-8-9-10-11-12-13-14-15-20(26)24-16-18-25(19-17-24)21(22)23/h2-19H2,1H3,(H3,22,23). The summed E-state index contributed by atoms with van der Waals surface area (Å²) in [6.45, 7) is 5.07. The molecule has 5 heteroatoms. The van der Waals surface area contributed by atoms with E-state index in [1.807, 2.05) is 9.80 Å². The van der Waals surface area contributed by atoms with E-state index in [9.17, 15) is 4.79 Å². The van der Waals surface area contributed by atoms with Crippen molar-refractivity contribution in [3.05, 3.63) is 0 Å². The fourth-order valence-electron chi connectivity index (χ4n) is 3.65. The lowest BCUT2D eigenvalue weighted by atomic mass is 10.0. The molecule has 0 aromatic rings. The molecule has 0 aliphatic carbocycles. The maximum Gasteiger partial charge on any atom is 0.222 e. The first-order chi connectivity index (χ1) is 12.6. The number of nitrogens with two attached hydrogens (primary N) is 1. The van der Waals surface area contributed by atoms with Crippen LogP contribution in [-0.2, 0) is 4.79 Å². The van der Waals surface area contributed by atoms with Crippen molar-refractivity contribution in [2.45, 2.75) is 96.8 Å². The molecule has 3 N–H and O–H groups in total. The first-order valence-electron chi connectivity index (χ1n) is 11.0. The summed E-state index contributed by atoms with van der Waals surface area (Å²) in [5.74, 6) is 0.393. The second-order valence-corrected chi connectivity index (χ2v) is 7.75. The van der Waals surface area contributed by atoms with Gasteiger partial charge in [0, 0.05) is 32.6 Å². The second-order valence-electron chi connectivity index (χ2n) is 7.75. The molecule has 26 heavy (non-hydrogen) atoms. The normalized spacial score (nSPS) is 14.7. The molecule has 1 fully saturated rings. The van der Waals surface area contributed by atoms with Crippen molar-refractivity contribution < 1.29 is 4.79 Å². The van der Waals surface area contributed by atoms with E-state index in [-0.39, 0.29) is 11.9 Å². The Morgan fingerprint density at radius 1 is 0.731 bits per heavy atom. The number of carbonyl (C=O) groups is 1. The van der Waals surface area contributed by atoms with Crippen LogP contribution in [0.15, 0.2) is 0 Å². The molecule has 0 saturated carbocycles. The zero-order valence-electron chi connectivity index (χ0n) is 17.1. The molecule has 0 unspecified atom stereocenters. The van der Waals surface area contributed by atoms with Gasteiger partial charge in [-0.1, -0.05) is 84.0 Å². The third kappa shape index (κ3) is 10.7. The maximum absolute atomic E-state index is 12.2. The smallest absolute Gasteiger partial charge is 0.222 e. The molecule has 1 saturated heterocycles. The van der Waals surface area contributed by atoms with Crippen LogP contribution in [0.2, 0.25) is 0 Å². The average molecular weight is 367 g/mol. The van der Waals surface area contributed by atoms with E-state index in [1.54, 1.807) is 0 Å². The summed E-state index contributed by atoms with van der Waals surface area (Å²) in [6.07, 6.45) is 18.0. The summed E-state index contributed by atoms with van der Waals surface area (Å²) in [6, 6.07) is 0. The minimum atomic E-state index is 0.119. The van der Waals surface area contributed by atoms with E-state index < -0.39 is 0 Å². The summed E-state index contributed by atoms with van der Waals surface area (Å²) in [5, 5.41) is 7.42. The molecule has 1 rings (SSSR count). The van der Waals surface area contributed by atoms with E-state index in [2.05, 4.69) is 6.92 Å². The van der Waals surface area contributed by atoms with Crippen molar-refractivity contribution in [3.8, 4) is 0 Å². The summed E-state index contributed by atoms with van der Waals surface area (Å²) in [5.41, 5.74) is 5.48. The van der Waals surface area contributed by atoms with Gasteiger partial charge in [0.15, 0.2) is 5.96 Å². The van der Waals surface area contributed by atoms with Gasteiger partial charge in [-0.3, -0.25) is 10.2 Å². The van der Waals surface area contributed by atoms with Crippen LogP contribution in [0.3, 0.4) is 0 Å². The Hall–Kier alpha value is -1.26. The van der Waals surface area contributed by atoms with Crippen LogP contribution < -0.4 is 5.73 Å². The van der Waals surface area contributed by atoms with E-state index in [0.717, 1.165) is 6.42 Å². The highest BCUT2D eigenvalue weighted by atomic mass is 16.2. The molecule has 0 radical (unpaired) electrons. The molecule has 0 aromatic carbocycles. The van der Waals surface area contributed by atoms with Crippen LogP contribution in [-0.4, -0.2) is 47.8 Å². The fourth-order valence-corrected chi connectivity index (χ4v) is 3.65. The maximum atomic E-state index is 12.2. The Kier molecular flexibility index (Phi) is 13.0. The van der Waals surface area contributed by atoms with Crippen LogP contribution in [0.25, 0.3) is 0 Å². The quantitative estimate of drug-likeness (QED) is 0.270. The van der Waals surface area contributed by atoms with Crippen molar-refractivity contribution in [1.82, 2.24) is 9.80 Å². The van der Waals surface area contributed by atoms with E-state index in [4.69, 9.17) is 11.1 Å². The Balaban J connectivity index is 1.86. The summed E-state index contributed by atoms with van der Waals surface area (Å²) >= 11 is 0. The molecular formula is C21H42N4O. The van der Waals surface area contributed by atoms with Crippen molar-refractivity contribution in [1.29, 1.82) is 5.41 Å². The highest BCUT2D eigenvalue weighted by Gasteiger charge is 2.20. The number of rotatable bonds is 14. The van der Waals surface area contributed by atoms with Gasteiger partial charge in [0.25, 0.3) is 0 Å². The Morgan fingerprint density at radius 3 is 1.54 bits per heavy atom. The predicted octanol–water partition coefficient (Wildman–Crippen LogP) is 4.51. The average Bonchev–Trinajstić information content (AvgIpc) is 2.65. The highest BCUT2D eigenvalue weighted by Crippen LogP contribution is 2.13. The van der Waals surface area contributed by atoms with Crippen LogP contribution >= 0.6 is 0 Å². The van der Waals surface area contributed by atoms with Crippen molar-refractivity contribution in [2.75, 3.05) is 26.2 Å². The van der Waals surface area contributed by atoms with Gasteiger partial charge >= 0.3 is 0 Å². The Labute approximate surface area is 161 Å². The monoisotopic (exact) mass is 366 g/mol. The first kappa shape index (κ1) is 22.8. The second kappa shape index (κ2) is 14.9. The summed E-state index contributed by atoms with van der Waals surface area (Å²) in [7, 11) is 0.